The van der Waals surface area contributed by atoms with Crippen molar-refractivity contribution in [3.05, 3.63) is 29.3 Å². The van der Waals surface area contributed by atoms with E-state index >= 15 is 0 Å². The number of nitrogens with zero attached hydrogens (tertiary/aromatic N) is 1. The standard InChI is InChI=1S/C14H18N2O2/c1-3-15-7-4-8-16-12-6-5-10(2)9-11(12)13(17)14(16)18/h5-6,9,15H,3-4,7-8H2,1-2H3. The summed E-state index contributed by atoms with van der Waals surface area (Å²) in [5.74, 6) is -0.774. The summed E-state index contributed by atoms with van der Waals surface area (Å²) in [7, 11) is 0. The van der Waals surface area contributed by atoms with Gasteiger partial charge in [-0.25, -0.2) is 0 Å². The zero-order valence-electron chi connectivity index (χ0n) is 10.8. The van der Waals surface area contributed by atoms with Crippen molar-refractivity contribution in [2.75, 3.05) is 24.5 Å². The maximum Gasteiger partial charge on any atom is 0.299 e. The van der Waals surface area contributed by atoms with Crippen molar-refractivity contribution in [3.63, 3.8) is 0 Å². The summed E-state index contributed by atoms with van der Waals surface area (Å²) in [5.41, 5.74) is 2.31. The number of hydrogen-bond acceptors (Lipinski definition) is 3. The van der Waals surface area contributed by atoms with Crippen LogP contribution >= 0.6 is 0 Å². The zero-order valence-corrected chi connectivity index (χ0v) is 10.8. The average Bonchev–Trinajstić information content (AvgIpc) is 2.59. The number of carbonyl (C=O) groups is 2. The second kappa shape index (κ2) is 5.31. The number of aryl methyl sites for hydroxylation is 1. The van der Waals surface area contributed by atoms with Crippen molar-refractivity contribution in [2.24, 2.45) is 0 Å². The average molecular weight is 246 g/mol. The monoisotopic (exact) mass is 246 g/mol. The van der Waals surface area contributed by atoms with E-state index in [0.717, 1.165) is 30.8 Å². The van der Waals surface area contributed by atoms with Gasteiger partial charge in [-0.1, -0.05) is 18.6 Å². The molecule has 96 valence electrons. The maximum atomic E-state index is 11.9. The molecule has 0 saturated carbocycles. The Kier molecular flexibility index (Phi) is 3.77. The molecule has 1 aliphatic rings. The van der Waals surface area contributed by atoms with E-state index in [-0.39, 0.29) is 5.78 Å². The molecule has 4 heteroatoms. The third kappa shape index (κ3) is 2.29. The normalized spacial score (nSPS) is 14.2. The first-order valence-corrected chi connectivity index (χ1v) is 6.32. The zero-order chi connectivity index (χ0) is 13.1. The number of rotatable bonds is 5. The van der Waals surface area contributed by atoms with Crippen LogP contribution < -0.4 is 10.2 Å². The van der Waals surface area contributed by atoms with Crippen LogP contribution in [0, 0.1) is 6.92 Å². The van der Waals surface area contributed by atoms with Gasteiger partial charge in [-0.2, -0.15) is 0 Å². The molecule has 0 unspecified atom stereocenters. The molecule has 1 heterocycles. The highest BCUT2D eigenvalue weighted by molar-refractivity contribution is 6.52. The lowest BCUT2D eigenvalue weighted by atomic mass is 10.1. The highest BCUT2D eigenvalue weighted by atomic mass is 16.2. The lowest BCUT2D eigenvalue weighted by Gasteiger charge is -2.16. The molecule has 1 N–H and O–H groups in total. The number of benzene rings is 1. The van der Waals surface area contributed by atoms with Crippen LogP contribution in [-0.2, 0) is 4.79 Å². The van der Waals surface area contributed by atoms with Gasteiger partial charge in [0.05, 0.1) is 11.3 Å². The number of carbonyl (C=O) groups excluding carboxylic acids is 2. The van der Waals surface area contributed by atoms with Gasteiger partial charge in [0.1, 0.15) is 0 Å². The van der Waals surface area contributed by atoms with E-state index in [0.29, 0.717) is 12.1 Å². The SMILES string of the molecule is CCNCCCN1C(=O)C(=O)c2cc(C)ccc21. The molecule has 1 aromatic rings. The molecule has 1 aliphatic heterocycles. The Morgan fingerprint density at radius 3 is 2.78 bits per heavy atom. The molecule has 0 radical (unpaired) electrons. The Labute approximate surface area is 107 Å². The molecular weight excluding hydrogens is 228 g/mol. The van der Waals surface area contributed by atoms with E-state index in [1.165, 1.54) is 0 Å². The van der Waals surface area contributed by atoms with Crippen molar-refractivity contribution < 1.29 is 9.59 Å². The van der Waals surface area contributed by atoms with Gasteiger partial charge in [0.15, 0.2) is 0 Å². The van der Waals surface area contributed by atoms with Gasteiger partial charge in [-0.05, 0) is 38.6 Å². The second-order valence-electron chi connectivity index (χ2n) is 4.51. The number of Topliss-reactive ketones (excluding diaryl/α,β-unsaturated/α-hetero) is 1. The number of ketones is 1. The fraction of sp³-hybridized carbons (Fsp3) is 0.429. The minimum atomic E-state index is -0.396. The minimum Gasteiger partial charge on any atom is -0.317 e. The summed E-state index contributed by atoms with van der Waals surface area (Å²) in [4.78, 5) is 25.3. The number of fused-ring (bicyclic) bond motifs is 1. The molecule has 0 aliphatic carbocycles. The van der Waals surface area contributed by atoms with Crippen molar-refractivity contribution in [1.82, 2.24) is 5.32 Å². The summed E-state index contributed by atoms with van der Waals surface area (Å²) in [5, 5.41) is 3.21. The molecule has 0 aromatic heterocycles. The number of anilines is 1. The van der Waals surface area contributed by atoms with Crippen molar-refractivity contribution in [3.8, 4) is 0 Å². The summed E-state index contributed by atoms with van der Waals surface area (Å²) in [6.45, 7) is 6.33. The van der Waals surface area contributed by atoms with Gasteiger partial charge in [-0.3, -0.25) is 9.59 Å². The third-order valence-corrected chi connectivity index (χ3v) is 3.11. The summed E-state index contributed by atoms with van der Waals surface area (Å²) in [6.07, 6.45) is 0.847. The molecule has 0 fully saturated rings. The van der Waals surface area contributed by atoms with Crippen LogP contribution in [0.25, 0.3) is 0 Å². The fourth-order valence-electron chi connectivity index (χ4n) is 2.18. The minimum absolute atomic E-state index is 0.378. The van der Waals surface area contributed by atoms with E-state index in [1.807, 2.05) is 26.0 Å². The molecule has 0 spiro atoms. The molecule has 0 saturated heterocycles. The van der Waals surface area contributed by atoms with Crippen molar-refractivity contribution in [1.29, 1.82) is 0 Å². The predicted molar refractivity (Wildman–Crippen MR) is 71.0 cm³/mol. The van der Waals surface area contributed by atoms with Crippen LogP contribution in [0.2, 0.25) is 0 Å². The summed E-state index contributed by atoms with van der Waals surface area (Å²) >= 11 is 0. The first-order valence-electron chi connectivity index (χ1n) is 6.32. The van der Waals surface area contributed by atoms with Crippen LogP contribution in [0.15, 0.2) is 18.2 Å². The number of nitrogens with one attached hydrogen (secondary N) is 1. The topological polar surface area (TPSA) is 49.4 Å². The molecule has 4 nitrogen and oxygen atoms in total. The van der Waals surface area contributed by atoms with Crippen molar-refractivity contribution in [2.45, 2.75) is 20.3 Å². The van der Waals surface area contributed by atoms with Crippen LogP contribution in [0.1, 0.15) is 29.3 Å². The molecule has 0 bridgehead atoms. The third-order valence-electron chi connectivity index (χ3n) is 3.11. The van der Waals surface area contributed by atoms with Crippen molar-refractivity contribution >= 4 is 17.4 Å². The van der Waals surface area contributed by atoms with E-state index in [9.17, 15) is 9.59 Å². The summed E-state index contributed by atoms with van der Waals surface area (Å²) < 4.78 is 0. The smallest absolute Gasteiger partial charge is 0.299 e. The highest BCUT2D eigenvalue weighted by Gasteiger charge is 2.35. The Balaban J connectivity index is 2.13. The van der Waals surface area contributed by atoms with Gasteiger partial charge >= 0.3 is 0 Å². The van der Waals surface area contributed by atoms with E-state index in [1.54, 1.807) is 11.0 Å². The molecule has 2 rings (SSSR count). The second-order valence-corrected chi connectivity index (χ2v) is 4.51. The van der Waals surface area contributed by atoms with Gasteiger partial charge in [-0.15, -0.1) is 0 Å². The maximum absolute atomic E-state index is 11.9. The Morgan fingerprint density at radius 2 is 2.06 bits per heavy atom. The van der Waals surface area contributed by atoms with Gasteiger partial charge in [0, 0.05) is 6.54 Å². The van der Waals surface area contributed by atoms with Crippen LogP contribution in [0.5, 0.6) is 0 Å². The van der Waals surface area contributed by atoms with E-state index < -0.39 is 5.91 Å². The first kappa shape index (κ1) is 12.8. The Morgan fingerprint density at radius 1 is 1.28 bits per heavy atom. The quantitative estimate of drug-likeness (QED) is 0.633. The lowest BCUT2D eigenvalue weighted by Crippen LogP contribution is -2.32. The molecular formula is C14H18N2O2. The van der Waals surface area contributed by atoms with E-state index in [2.05, 4.69) is 5.32 Å². The molecule has 18 heavy (non-hydrogen) atoms. The molecule has 0 atom stereocenters. The Bertz CT molecular complexity index is 483. The van der Waals surface area contributed by atoms with Crippen LogP contribution in [-0.4, -0.2) is 31.3 Å². The van der Waals surface area contributed by atoms with Gasteiger partial charge in [0.25, 0.3) is 11.7 Å². The van der Waals surface area contributed by atoms with Gasteiger partial charge in [0.2, 0.25) is 0 Å². The van der Waals surface area contributed by atoms with Gasteiger partial charge < -0.3 is 10.2 Å². The largest absolute Gasteiger partial charge is 0.317 e. The number of amides is 1. The van der Waals surface area contributed by atoms with Crippen LogP contribution in [0.4, 0.5) is 5.69 Å². The van der Waals surface area contributed by atoms with E-state index in [4.69, 9.17) is 0 Å². The Hall–Kier alpha value is -1.68. The number of hydrogen-bond donors (Lipinski definition) is 1. The lowest BCUT2D eigenvalue weighted by molar-refractivity contribution is -0.114. The predicted octanol–water partition coefficient (Wildman–Crippen LogP) is 1.52. The highest BCUT2D eigenvalue weighted by Crippen LogP contribution is 2.29. The summed E-state index contributed by atoms with van der Waals surface area (Å²) in [6, 6.07) is 5.59. The molecule has 1 aromatic carbocycles. The fourth-order valence-corrected chi connectivity index (χ4v) is 2.18. The first-order chi connectivity index (χ1) is 8.65. The van der Waals surface area contributed by atoms with Crippen LogP contribution in [0.3, 0.4) is 0 Å². The molecule has 1 amide bonds.